The van der Waals surface area contributed by atoms with Gasteiger partial charge in [0.25, 0.3) is 0 Å². The molecule has 0 aromatic heterocycles. The molecular weight excluding hydrogens is 328 g/mol. The summed E-state index contributed by atoms with van der Waals surface area (Å²) in [6.07, 6.45) is 6.42. The van der Waals surface area contributed by atoms with E-state index in [2.05, 4.69) is 4.99 Å². The summed E-state index contributed by atoms with van der Waals surface area (Å²) in [6.45, 7) is 0. The van der Waals surface area contributed by atoms with Crippen molar-refractivity contribution >= 4 is 17.4 Å². The van der Waals surface area contributed by atoms with Crippen LogP contribution in [0.4, 0.5) is 5.69 Å². The zero-order valence-electron chi connectivity index (χ0n) is 11.0. The molecule has 1 aliphatic carbocycles. The summed E-state index contributed by atoms with van der Waals surface area (Å²) in [5.74, 6) is -1.68. The van der Waals surface area contributed by atoms with Gasteiger partial charge in [0.1, 0.15) is 5.56 Å². The Morgan fingerprint density at radius 2 is 1.71 bits per heavy atom. The number of carbonyl (C=O) groups is 1. The minimum atomic E-state index is -0.839. The number of benzene rings is 1. The molecule has 0 spiro atoms. The van der Waals surface area contributed by atoms with Crippen LogP contribution in [0.15, 0.2) is 65.1 Å². The Kier molecular flexibility index (Phi) is 7.27. The Bertz CT molecular complexity index is 643. The number of hydrogen-bond acceptors (Lipinski definition) is 4. The summed E-state index contributed by atoms with van der Waals surface area (Å²) in [7, 11) is 0. The fourth-order valence-electron chi connectivity index (χ4n) is 1.66. The molecule has 21 heavy (non-hydrogen) atoms. The molecule has 2 rings (SSSR count). The van der Waals surface area contributed by atoms with E-state index in [0.29, 0.717) is 11.4 Å². The normalized spacial score (nSPS) is 16.9. The van der Waals surface area contributed by atoms with Gasteiger partial charge in [-0.05, 0) is 24.3 Å². The molecule has 0 unspecified atom stereocenters. The van der Waals surface area contributed by atoms with Gasteiger partial charge in [-0.25, -0.2) is 10.1 Å². The fourth-order valence-corrected chi connectivity index (χ4v) is 1.66. The van der Waals surface area contributed by atoms with E-state index in [1.165, 1.54) is 12.1 Å². The Morgan fingerprint density at radius 1 is 1.10 bits per heavy atom. The number of rotatable bonds is 2. The van der Waals surface area contributed by atoms with Crippen molar-refractivity contribution in [3.63, 3.8) is 0 Å². The first kappa shape index (κ1) is 18.8. The molecule has 0 saturated carbocycles. The van der Waals surface area contributed by atoms with Crippen LogP contribution in [-0.4, -0.2) is 27.4 Å². The van der Waals surface area contributed by atoms with E-state index in [0.717, 1.165) is 0 Å². The van der Waals surface area contributed by atoms with E-state index >= 15 is 0 Å². The third-order valence-corrected chi connectivity index (χ3v) is 2.54. The van der Waals surface area contributed by atoms with Crippen molar-refractivity contribution in [2.75, 3.05) is 0 Å². The molecule has 6 nitrogen and oxygen atoms in total. The third-order valence-electron chi connectivity index (χ3n) is 2.54. The molecule has 1 aromatic rings. The Balaban J connectivity index is 0.00000200. The van der Waals surface area contributed by atoms with Gasteiger partial charge in [-0.2, -0.15) is 0 Å². The van der Waals surface area contributed by atoms with Gasteiger partial charge in [0.2, 0.25) is 0 Å². The quantitative estimate of drug-likeness (QED) is 0.422. The molecule has 5 N–H and O–H groups in total. The van der Waals surface area contributed by atoms with Crippen molar-refractivity contribution in [1.82, 2.24) is 0 Å². The molecule has 7 heteroatoms. The van der Waals surface area contributed by atoms with Crippen LogP contribution in [0.5, 0.6) is 0 Å². The Morgan fingerprint density at radius 3 is 2.33 bits per heavy atom. The van der Waals surface area contributed by atoms with Gasteiger partial charge in [-0.15, -0.1) is 0 Å². The number of carbonyl (C=O) groups excluding carboxylic acids is 1. The van der Waals surface area contributed by atoms with Gasteiger partial charge in [0.05, 0.1) is 17.0 Å². The van der Waals surface area contributed by atoms with E-state index < -0.39 is 11.9 Å². The smallest absolute Gasteiger partial charge is 0.870 e. The van der Waals surface area contributed by atoms with Crippen LogP contribution < -0.4 is 5.11 Å². The van der Waals surface area contributed by atoms with E-state index in [1.54, 1.807) is 36.4 Å². The van der Waals surface area contributed by atoms with Gasteiger partial charge < -0.3 is 15.7 Å². The monoisotopic (exact) mass is 339 g/mol. The molecule has 0 radical (unpaired) electrons. The number of allylic oxidation sites excluding steroid dienone is 5. The summed E-state index contributed by atoms with van der Waals surface area (Å²) in [6, 6.07) is 6.42. The van der Waals surface area contributed by atoms with Crippen LogP contribution in [0.25, 0.3) is 0 Å². The standard InChI is InChI=1S/C14H11NO4.H2O.Zn/c16-13(17)9-5-1-3-7-11(9)15-12-8-4-2-6-10(12)14(18)19;;/h1-8,16-17H,(H,18,19);1H2;/q;;+2. The van der Waals surface area contributed by atoms with Gasteiger partial charge in [-0.3, -0.25) is 0 Å². The van der Waals surface area contributed by atoms with E-state index in [-0.39, 0.29) is 36.1 Å². The third kappa shape index (κ3) is 4.37. The topological polar surface area (TPSA) is 128 Å². The number of aliphatic imine (C=N–C) groups is 1. The first-order valence-electron chi connectivity index (χ1n) is 5.51. The average Bonchev–Trinajstić information content (AvgIpc) is 2.39. The SMILES string of the molecule is O=C([OH2+])c1ccccc1N=C1C=CC=C/C1=C(\[O-])[OH2+].[OH-].[Zn+2]. The molecule has 0 atom stereocenters. The van der Waals surface area contributed by atoms with Crippen LogP contribution in [0.1, 0.15) is 10.4 Å². The summed E-state index contributed by atoms with van der Waals surface area (Å²) >= 11 is 0. The van der Waals surface area contributed by atoms with Crippen molar-refractivity contribution in [3.8, 4) is 0 Å². The number of nitrogens with zero attached hydrogens (tertiary/aromatic N) is 1. The summed E-state index contributed by atoms with van der Waals surface area (Å²) in [4.78, 5) is 15.4. The van der Waals surface area contributed by atoms with Crippen molar-refractivity contribution in [3.05, 3.63) is 65.7 Å². The molecule has 1 aliphatic rings. The molecule has 0 amide bonds. The number of para-hydroxylation sites is 1. The molecule has 1 aromatic carbocycles. The molecule has 0 bridgehead atoms. The molecule has 0 saturated heterocycles. The predicted octanol–water partition coefficient (Wildman–Crippen LogP) is -0.133. The van der Waals surface area contributed by atoms with E-state index in [4.69, 9.17) is 10.2 Å². The first-order valence-corrected chi connectivity index (χ1v) is 5.51. The minimum absolute atomic E-state index is 0. The van der Waals surface area contributed by atoms with Gasteiger partial charge in [0.15, 0.2) is 0 Å². The molecule has 104 valence electrons. The van der Waals surface area contributed by atoms with Crippen LogP contribution >= 0.6 is 0 Å². The molecule has 0 aliphatic heterocycles. The fraction of sp³-hybridized carbons (Fsp3) is 0. The zero-order chi connectivity index (χ0) is 13.8. The van der Waals surface area contributed by atoms with Crippen molar-refractivity contribution in [2.45, 2.75) is 0 Å². The average molecular weight is 341 g/mol. The predicted molar refractivity (Wildman–Crippen MR) is 72.3 cm³/mol. The minimum Gasteiger partial charge on any atom is -0.870 e. The second-order valence-corrected chi connectivity index (χ2v) is 3.80. The second-order valence-electron chi connectivity index (χ2n) is 3.80. The molecular formula is C14H13NO5Zn+2. The van der Waals surface area contributed by atoms with Crippen molar-refractivity contribution in [1.29, 1.82) is 0 Å². The molecule has 0 fully saturated rings. The Hall–Kier alpha value is -2.24. The summed E-state index contributed by atoms with van der Waals surface area (Å²) < 4.78 is 0. The van der Waals surface area contributed by atoms with Gasteiger partial charge in [0, 0.05) is 4.79 Å². The maximum Gasteiger partial charge on any atom is 2.00 e. The Labute approximate surface area is 133 Å². The number of hydrogen-bond donors (Lipinski definition) is 0. The van der Waals surface area contributed by atoms with Crippen LogP contribution in [-0.2, 0) is 19.5 Å². The maximum atomic E-state index is 11.2. The van der Waals surface area contributed by atoms with Crippen LogP contribution in [0, 0.1) is 0 Å². The summed E-state index contributed by atoms with van der Waals surface area (Å²) in [5, 5.41) is 25.5. The largest absolute Gasteiger partial charge is 2.00 e. The van der Waals surface area contributed by atoms with Crippen LogP contribution in [0.3, 0.4) is 0 Å². The second kappa shape index (κ2) is 8.14. The van der Waals surface area contributed by atoms with E-state index in [9.17, 15) is 9.90 Å². The maximum absolute atomic E-state index is 11.2. The molecule has 0 heterocycles. The first-order chi connectivity index (χ1) is 9.09. The summed E-state index contributed by atoms with van der Waals surface area (Å²) in [5.41, 5.74) is 0.955. The van der Waals surface area contributed by atoms with Crippen molar-refractivity contribution in [2.24, 2.45) is 4.99 Å². The van der Waals surface area contributed by atoms with Crippen molar-refractivity contribution < 1.29 is 45.1 Å². The zero-order valence-corrected chi connectivity index (χ0v) is 14.0. The van der Waals surface area contributed by atoms with Crippen LogP contribution in [0.2, 0.25) is 0 Å². The van der Waals surface area contributed by atoms with Gasteiger partial charge >= 0.3 is 31.4 Å². The van der Waals surface area contributed by atoms with E-state index in [1.807, 2.05) is 0 Å². The van der Waals surface area contributed by atoms with Gasteiger partial charge in [-0.1, -0.05) is 24.3 Å².